The van der Waals surface area contributed by atoms with Crippen LogP contribution in [0.4, 0.5) is 0 Å². The molecule has 128 heavy (non-hydrogen) atoms. The zero-order valence-electron chi connectivity index (χ0n) is 72.1. The first-order valence-electron chi connectivity index (χ1n) is 44.9. The second-order valence-corrected chi connectivity index (χ2v) is 37.6. The third-order valence-electron chi connectivity index (χ3n) is 27.8. The van der Waals surface area contributed by atoms with Crippen LogP contribution >= 0.6 is 0 Å². The van der Waals surface area contributed by atoms with Gasteiger partial charge < -0.3 is 135 Å². The van der Waals surface area contributed by atoms with E-state index in [2.05, 4.69) is 47.3 Å². The molecule has 8 heterocycles. The van der Waals surface area contributed by atoms with E-state index >= 15 is 0 Å². The van der Waals surface area contributed by atoms with Crippen LogP contribution in [0, 0.1) is 23.7 Å². The summed E-state index contributed by atoms with van der Waals surface area (Å²) in [5.41, 5.74) is 7.66. The summed E-state index contributed by atoms with van der Waals surface area (Å²) >= 11 is 0. The number of aliphatic hydroxyl groups is 12. The van der Waals surface area contributed by atoms with Crippen LogP contribution in [0.2, 0.25) is 0 Å². The molecule has 8 aliphatic heterocycles. The summed E-state index contributed by atoms with van der Waals surface area (Å²) in [7, 11) is -4.15. The van der Waals surface area contributed by atoms with Crippen molar-refractivity contribution in [2.45, 2.75) is 309 Å². The van der Waals surface area contributed by atoms with Crippen molar-refractivity contribution in [2.75, 3.05) is 52.4 Å². The van der Waals surface area contributed by atoms with Crippen LogP contribution in [0.15, 0.2) is 48.5 Å². The topological polar surface area (TPSA) is 594 Å². The molecule has 0 spiro atoms. The molecule has 712 valence electrons. The van der Waals surface area contributed by atoms with Gasteiger partial charge in [0.1, 0.15) is 84.7 Å². The maximum absolute atomic E-state index is 11.7. The number of rotatable bonds is 22. The van der Waals surface area contributed by atoms with E-state index in [1.807, 2.05) is 18.2 Å². The van der Waals surface area contributed by atoms with Gasteiger partial charge in [-0.25, -0.2) is 19.2 Å². The van der Waals surface area contributed by atoms with Gasteiger partial charge >= 0.3 is 23.9 Å². The van der Waals surface area contributed by atoms with Gasteiger partial charge in [-0.05, 0) is 257 Å². The molecule has 0 aromatic heterocycles. The van der Waals surface area contributed by atoms with Gasteiger partial charge in [-0.3, -0.25) is 24.2 Å². The molecular formula is C89H126N4O34S. The maximum atomic E-state index is 11.7. The summed E-state index contributed by atoms with van der Waals surface area (Å²) in [5.74, 6) is -5.24. The van der Waals surface area contributed by atoms with Crippen molar-refractivity contribution in [3.8, 4) is 40.2 Å². The number of phenolic OH excluding ortho intramolecular Hbond substituents is 3. The Balaban J connectivity index is 0.000000149. The molecule has 0 amide bonds. The van der Waals surface area contributed by atoms with Gasteiger partial charge in [-0.15, -0.1) is 0 Å². The van der Waals surface area contributed by atoms with Crippen LogP contribution in [0.3, 0.4) is 0 Å². The molecule has 0 unspecified atom stereocenters. The average molecular weight is 1830 g/mol. The van der Waals surface area contributed by atoms with Gasteiger partial charge in [0.05, 0.1) is 0 Å². The number of hydrogen-bond acceptors (Lipinski definition) is 33. The number of nitrogens with zero attached hydrogens (tertiary/aromatic N) is 4. The molecule has 28 atom stereocenters. The Kier molecular flexibility index (Phi) is 32.3. The van der Waals surface area contributed by atoms with Gasteiger partial charge in [0.15, 0.2) is 58.9 Å². The molecule has 12 aliphatic rings. The molecule has 0 saturated carbocycles. The fourth-order valence-corrected chi connectivity index (χ4v) is 22.1. The first-order valence-corrected chi connectivity index (χ1v) is 46.5. The quantitative estimate of drug-likeness (QED) is 0.0481. The third-order valence-corrected chi connectivity index (χ3v) is 28.4. The SMILES string of the molecule is CCCN1CCC[C@@H]2Cc3c(ccc(O)c3CS(=O)(=O)O)C[C@H]21.CCCN1CCC[C@@H]2Cc3c(ccc(O)c3O[C@@H]3O[C@H](C(=O)O)[C@@H](O)[C@H](O)[C@H]3O)C[C@H]21.CCCN1CCC[C@@H]2Cc3c(ccc(O[C@@H]4O[C@H](C(=O)O)[C@@H](O)[C@H](O)[C@H]4O)c3O)C[C@H]21.CCCN1CCC[C@@H]2Cc3c(ccc(O[C@@H]4O[C@H](C(=O)O)[C@@H](O)[C@H](O)[C@H]4O)c3O[C@@H]3O[C@H](C(=O)O)[C@@H](O)[C@H](O)[C@H]3O)C[C@H]21. The number of aliphatic carboxylic acids is 4. The number of carbonyl (C=O) groups is 4. The van der Waals surface area contributed by atoms with Crippen molar-refractivity contribution in [1.82, 2.24) is 19.6 Å². The maximum Gasteiger partial charge on any atom is 0.335 e. The Labute approximate surface area is 741 Å². The zero-order valence-corrected chi connectivity index (χ0v) is 73.0. The largest absolute Gasteiger partial charge is 0.508 e. The summed E-state index contributed by atoms with van der Waals surface area (Å²) in [4.78, 5) is 56.1. The molecule has 39 heteroatoms. The number of aromatic hydroxyl groups is 3. The number of benzene rings is 4. The lowest BCUT2D eigenvalue weighted by Crippen LogP contribution is -2.61. The van der Waals surface area contributed by atoms with Crippen LogP contribution in [0.1, 0.15) is 155 Å². The van der Waals surface area contributed by atoms with E-state index in [9.17, 15) is 129 Å². The van der Waals surface area contributed by atoms with E-state index in [0.717, 1.165) is 194 Å². The number of fused-ring (bicyclic) bond motifs is 8. The summed E-state index contributed by atoms with van der Waals surface area (Å²) in [6.45, 7) is 17.1. The zero-order chi connectivity index (χ0) is 92.3. The smallest absolute Gasteiger partial charge is 0.335 e. The summed E-state index contributed by atoms with van der Waals surface area (Å²) in [6.07, 6.45) is -17.0. The number of aliphatic hydroxyl groups excluding tert-OH is 12. The van der Waals surface area contributed by atoms with Crippen LogP contribution in [-0.4, -0.2) is 353 Å². The van der Waals surface area contributed by atoms with E-state index in [0.29, 0.717) is 66.3 Å². The molecule has 4 aliphatic carbocycles. The highest BCUT2D eigenvalue weighted by Crippen LogP contribution is 2.49. The van der Waals surface area contributed by atoms with Crippen LogP contribution in [-0.2, 0) is 105 Å². The number of piperidine rings is 4. The minimum absolute atomic E-state index is 0.0244. The average Bonchev–Trinajstić information content (AvgIpc) is 0.741. The number of carboxylic acid groups (broad SMARTS) is 4. The summed E-state index contributed by atoms with van der Waals surface area (Å²) in [6, 6.07) is 15.3. The fourth-order valence-electron chi connectivity index (χ4n) is 21.5. The highest BCUT2D eigenvalue weighted by atomic mass is 32.2. The van der Waals surface area contributed by atoms with Crippen molar-refractivity contribution in [1.29, 1.82) is 0 Å². The minimum Gasteiger partial charge on any atom is -0.508 e. The number of carboxylic acids is 4. The van der Waals surface area contributed by atoms with Gasteiger partial charge in [-0.2, -0.15) is 8.42 Å². The Morgan fingerprint density at radius 2 is 0.633 bits per heavy atom. The molecule has 20 N–H and O–H groups in total. The predicted octanol–water partition coefficient (Wildman–Crippen LogP) is 0.692. The lowest BCUT2D eigenvalue weighted by Gasteiger charge is -2.45. The monoisotopic (exact) mass is 1830 g/mol. The molecule has 16 rings (SSSR count). The third kappa shape index (κ3) is 21.2. The number of hydrogen-bond donors (Lipinski definition) is 20. The number of phenols is 3. The van der Waals surface area contributed by atoms with E-state index in [1.54, 1.807) is 18.2 Å². The van der Waals surface area contributed by atoms with Gasteiger partial charge in [0.2, 0.25) is 25.2 Å². The second kappa shape index (κ2) is 42.1. The van der Waals surface area contributed by atoms with E-state index in [4.69, 9.17) is 37.9 Å². The van der Waals surface area contributed by atoms with Crippen LogP contribution in [0.25, 0.3) is 0 Å². The fraction of sp³-hybridized carbons (Fsp3) is 0.685. The van der Waals surface area contributed by atoms with Gasteiger partial charge in [0, 0.05) is 46.4 Å². The molecule has 4 aromatic carbocycles. The van der Waals surface area contributed by atoms with Crippen molar-refractivity contribution in [3.05, 3.63) is 98.6 Å². The Hall–Kier alpha value is -7.53. The highest BCUT2D eigenvalue weighted by Gasteiger charge is 2.55. The van der Waals surface area contributed by atoms with Crippen LogP contribution < -0.4 is 18.9 Å². The van der Waals surface area contributed by atoms with E-state index in [-0.39, 0.29) is 52.2 Å². The van der Waals surface area contributed by atoms with Gasteiger partial charge in [-0.1, -0.05) is 52.0 Å². The Morgan fingerprint density at radius 1 is 0.352 bits per heavy atom. The van der Waals surface area contributed by atoms with E-state index in [1.165, 1.54) is 18.6 Å². The summed E-state index contributed by atoms with van der Waals surface area (Å²) in [5, 5.41) is 191. The van der Waals surface area contributed by atoms with Crippen molar-refractivity contribution >= 4 is 34.0 Å². The lowest BCUT2D eigenvalue weighted by molar-refractivity contribution is -0.276. The Bertz CT molecular complexity index is 4620. The molecular weight excluding hydrogens is 1700 g/mol. The molecule has 0 bridgehead atoms. The van der Waals surface area contributed by atoms with Crippen LogP contribution in [0.5, 0.6) is 40.2 Å². The van der Waals surface area contributed by atoms with Gasteiger partial charge in [0.25, 0.3) is 10.1 Å². The van der Waals surface area contributed by atoms with E-state index < -0.39 is 163 Å². The van der Waals surface area contributed by atoms with Crippen molar-refractivity contribution in [3.63, 3.8) is 0 Å². The Morgan fingerprint density at radius 3 is 0.977 bits per heavy atom. The first-order chi connectivity index (χ1) is 60.9. The minimum atomic E-state index is -4.15. The molecule has 38 nitrogen and oxygen atoms in total. The molecule has 0 radical (unpaired) electrons. The number of likely N-dealkylation sites (tertiary alicyclic amines) is 4. The highest BCUT2D eigenvalue weighted by molar-refractivity contribution is 7.85. The second-order valence-electron chi connectivity index (χ2n) is 36.1. The summed E-state index contributed by atoms with van der Waals surface area (Å²) < 4.78 is 76.1. The normalized spacial score (nSPS) is 35.2. The molecule has 8 saturated heterocycles. The van der Waals surface area contributed by atoms with Crippen molar-refractivity contribution in [2.24, 2.45) is 23.7 Å². The molecule has 8 fully saturated rings. The molecule has 4 aromatic rings. The first kappa shape index (κ1) is 98.0. The predicted molar refractivity (Wildman–Crippen MR) is 449 cm³/mol. The van der Waals surface area contributed by atoms with Crippen molar-refractivity contribution < 1.29 is 167 Å². The standard InChI is InChI=1S/C28H39NO14.2C22H31NO8.C17H25NO4S/c1-2-7-29-8-3-4-12-9-13-11(10-14(12)29)5-6-15(40-27-20(34)16(30)18(32)23(42-27)25(36)37)22(13)41-28-21(35)17(31)19(33)24(43-28)26(38)39;1-2-7-23-8-3-4-12-9-13-11(10-14(12)23)5-6-15(24)19(13)30-22-18(27)16(25)17(26)20(31-22)21(28)29;1-2-7-23-8-3-4-12-9-13-11(10-14(12)23)5-6-15(16(13)24)30-22-19(27)17(25)18(26)20(31-22)21(28)29;1-2-7-18-8-3-4-13-9-14-12(10-16(13)18)5-6-17(19)15(14)11-23(20,21)22/h5-6,12,14,16-21,23-24,27-28,30-35H,2-4,7-10H2,1H3,(H,36,37)(H,38,39);5-6,12,14,16-18,20,22,24-27H,2-4,7-10H2,1H3,(H,28,29);5-6,12,14,17-20,22,24-27H,2-4,7-10H2,1H3,(H,28,29);5-6,13,16,19H,2-4,7-11H2,1H3,(H,20,21,22)/t12-,14-,16+,17+,18+,19+,20-,21-,23+,24+,27-,28-;12-,14-,16+,17+,18-,20+,22-;12-,14-,17+,18+,19-,20+,22-;13-,16-/m1111/s1. The lowest BCUT2D eigenvalue weighted by atomic mass is 9.74. The number of ether oxygens (including phenoxy) is 8.